The fourth-order valence-electron chi connectivity index (χ4n) is 3.47. The molecule has 0 aromatic heterocycles. The molecule has 0 bridgehead atoms. The topological polar surface area (TPSA) is 79.0 Å². The highest BCUT2D eigenvalue weighted by Gasteiger charge is 2.44. The van der Waals surface area contributed by atoms with Crippen molar-refractivity contribution in [2.45, 2.75) is 38.8 Å². The van der Waals surface area contributed by atoms with Gasteiger partial charge in [0, 0.05) is 53.7 Å². The number of rotatable bonds is 6. The van der Waals surface area contributed by atoms with Crippen molar-refractivity contribution in [3.63, 3.8) is 0 Å². The number of amides is 3. The van der Waals surface area contributed by atoms with Crippen LogP contribution in [-0.2, 0) is 25.7 Å². The molecule has 0 saturated carbocycles. The van der Waals surface area contributed by atoms with Gasteiger partial charge in [0.05, 0.1) is 5.92 Å². The van der Waals surface area contributed by atoms with Crippen LogP contribution in [0.25, 0.3) is 0 Å². The average molecular weight is 389 g/mol. The summed E-state index contributed by atoms with van der Waals surface area (Å²) < 4.78 is 5.34. The van der Waals surface area contributed by atoms with Crippen LogP contribution in [0.5, 0.6) is 0 Å². The number of likely N-dealkylation sites (tertiary alicyclic amines) is 1. The largest absolute Gasteiger partial charge is 0.369 e. The number of carbonyl (C=O) groups is 3. The third kappa shape index (κ3) is 4.90. The van der Waals surface area contributed by atoms with Crippen molar-refractivity contribution < 1.29 is 19.1 Å². The SMILES string of the molecule is COC(C)(C)C(=O)N1C[C@H](C(=O)N(C)C)[C@@H](c2ccc(CNC(C)=O)cc2)C1. The van der Waals surface area contributed by atoms with Crippen molar-refractivity contribution in [3.05, 3.63) is 35.4 Å². The van der Waals surface area contributed by atoms with Crippen molar-refractivity contribution in [2.24, 2.45) is 5.92 Å². The molecule has 0 aliphatic carbocycles. The smallest absolute Gasteiger partial charge is 0.254 e. The lowest BCUT2D eigenvalue weighted by atomic mass is 9.87. The summed E-state index contributed by atoms with van der Waals surface area (Å²) in [5.74, 6) is -0.560. The Morgan fingerprint density at radius 1 is 1.18 bits per heavy atom. The van der Waals surface area contributed by atoms with Gasteiger partial charge in [-0.3, -0.25) is 14.4 Å². The van der Waals surface area contributed by atoms with Crippen LogP contribution < -0.4 is 5.32 Å². The van der Waals surface area contributed by atoms with Gasteiger partial charge in [-0.2, -0.15) is 0 Å². The molecule has 0 radical (unpaired) electrons. The summed E-state index contributed by atoms with van der Waals surface area (Å²) in [7, 11) is 4.99. The molecular formula is C21H31N3O4. The molecule has 2 atom stereocenters. The molecule has 7 heteroatoms. The zero-order valence-electron chi connectivity index (χ0n) is 17.6. The maximum Gasteiger partial charge on any atom is 0.254 e. The van der Waals surface area contributed by atoms with Crippen LogP contribution in [0.1, 0.15) is 37.8 Å². The lowest BCUT2D eigenvalue weighted by Crippen LogP contribution is -2.46. The van der Waals surface area contributed by atoms with E-state index in [-0.39, 0.29) is 29.6 Å². The lowest BCUT2D eigenvalue weighted by Gasteiger charge is -2.28. The number of ether oxygens (including phenoxy) is 1. The van der Waals surface area contributed by atoms with Gasteiger partial charge in [-0.05, 0) is 25.0 Å². The number of carbonyl (C=O) groups excluding carboxylic acids is 3. The zero-order valence-corrected chi connectivity index (χ0v) is 17.6. The van der Waals surface area contributed by atoms with E-state index in [1.807, 2.05) is 24.3 Å². The molecule has 1 N–H and O–H groups in total. The minimum Gasteiger partial charge on any atom is -0.369 e. The zero-order chi connectivity index (χ0) is 21.1. The maximum absolute atomic E-state index is 12.9. The molecule has 28 heavy (non-hydrogen) atoms. The fraction of sp³-hybridized carbons (Fsp3) is 0.571. The van der Waals surface area contributed by atoms with E-state index < -0.39 is 5.60 Å². The van der Waals surface area contributed by atoms with Gasteiger partial charge in [-0.15, -0.1) is 0 Å². The first-order valence-electron chi connectivity index (χ1n) is 9.45. The van der Waals surface area contributed by atoms with Crippen LogP contribution in [0.15, 0.2) is 24.3 Å². The quantitative estimate of drug-likeness (QED) is 0.797. The summed E-state index contributed by atoms with van der Waals surface area (Å²) in [4.78, 5) is 40.0. The second kappa shape index (κ2) is 8.73. The number of hydrogen-bond acceptors (Lipinski definition) is 4. The van der Waals surface area contributed by atoms with Gasteiger partial charge in [0.1, 0.15) is 5.60 Å². The molecular weight excluding hydrogens is 358 g/mol. The molecule has 1 fully saturated rings. The lowest BCUT2D eigenvalue weighted by molar-refractivity contribution is -0.150. The Morgan fingerprint density at radius 3 is 2.29 bits per heavy atom. The van der Waals surface area contributed by atoms with Crippen molar-refractivity contribution >= 4 is 17.7 Å². The van der Waals surface area contributed by atoms with Gasteiger partial charge in [0.15, 0.2) is 0 Å². The minimum atomic E-state index is -0.928. The van der Waals surface area contributed by atoms with E-state index in [9.17, 15) is 14.4 Å². The van der Waals surface area contributed by atoms with E-state index in [1.165, 1.54) is 14.0 Å². The normalized spacial score (nSPS) is 19.4. The van der Waals surface area contributed by atoms with E-state index in [0.717, 1.165) is 11.1 Å². The molecule has 7 nitrogen and oxygen atoms in total. The van der Waals surface area contributed by atoms with Crippen LogP contribution >= 0.6 is 0 Å². The highest BCUT2D eigenvalue weighted by atomic mass is 16.5. The van der Waals surface area contributed by atoms with Crippen molar-refractivity contribution in [2.75, 3.05) is 34.3 Å². The number of methoxy groups -OCH3 is 1. The summed E-state index contributed by atoms with van der Waals surface area (Å²) >= 11 is 0. The molecule has 1 aromatic rings. The molecule has 1 saturated heterocycles. The van der Waals surface area contributed by atoms with Gasteiger partial charge in [-0.1, -0.05) is 24.3 Å². The third-order valence-electron chi connectivity index (χ3n) is 5.34. The van der Waals surface area contributed by atoms with Gasteiger partial charge < -0.3 is 19.9 Å². The monoisotopic (exact) mass is 389 g/mol. The number of nitrogens with zero attached hydrogens (tertiary/aromatic N) is 2. The molecule has 1 aliphatic rings. The number of nitrogens with one attached hydrogen (secondary N) is 1. The van der Waals surface area contributed by atoms with Crippen molar-refractivity contribution in [1.82, 2.24) is 15.1 Å². The fourth-order valence-corrected chi connectivity index (χ4v) is 3.47. The Bertz CT molecular complexity index is 728. The molecule has 1 heterocycles. The van der Waals surface area contributed by atoms with Gasteiger partial charge in [-0.25, -0.2) is 0 Å². The Hall–Kier alpha value is -2.41. The molecule has 1 aliphatic heterocycles. The van der Waals surface area contributed by atoms with Gasteiger partial charge >= 0.3 is 0 Å². The predicted molar refractivity (Wildman–Crippen MR) is 107 cm³/mol. The number of benzene rings is 1. The van der Waals surface area contributed by atoms with Crippen LogP contribution in [0, 0.1) is 5.92 Å². The summed E-state index contributed by atoms with van der Waals surface area (Å²) in [6, 6.07) is 7.86. The minimum absolute atomic E-state index is 0.0119. The second-order valence-electron chi connectivity index (χ2n) is 8.02. The first-order chi connectivity index (χ1) is 13.1. The van der Waals surface area contributed by atoms with Crippen LogP contribution in [0.4, 0.5) is 0 Å². The second-order valence-corrected chi connectivity index (χ2v) is 8.02. The van der Waals surface area contributed by atoms with E-state index >= 15 is 0 Å². The predicted octanol–water partition coefficient (Wildman–Crippen LogP) is 1.38. The highest BCUT2D eigenvalue weighted by Crippen LogP contribution is 2.35. The summed E-state index contributed by atoms with van der Waals surface area (Å²) in [5, 5.41) is 2.77. The first-order valence-corrected chi connectivity index (χ1v) is 9.45. The number of hydrogen-bond donors (Lipinski definition) is 1. The molecule has 3 amide bonds. The van der Waals surface area contributed by atoms with Crippen LogP contribution in [0.2, 0.25) is 0 Å². The molecule has 2 rings (SSSR count). The van der Waals surface area contributed by atoms with Crippen LogP contribution in [0.3, 0.4) is 0 Å². The summed E-state index contributed by atoms with van der Waals surface area (Å²) in [6.07, 6.45) is 0. The Labute approximate surface area is 167 Å². The Kier molecular flexibility index (Phi) is 6.82. The molecule has 0 spiro atoms. The first kappa shape index (κ1) is 21.9. The molecule has 0 unspecified atom stereocenters. The van der Waals surface area contributed by atoms with E-state index in [4.69, 9.17) is 4.74 Å². The Balaban J connectivity index is 2.24. The highest BCUT2D eigenvalue weighted by molar-refractivity contribution is 5.87. The van der Waals surface area contributed by atoms with E-state index in [2.05, 4.69) is 5.32 Å². The molecule has 154 valence electrons. The Morgan fingerprint density at radius 2 is 1.79 bits per heavy atom. The van der Waals surface area contributed by atoms with E-state index in [0.29, 0.717) is 19.6 Å². The van der Waals surface area contributed by atoms with Crippen molar-refractivity contribution in [3.8, 4) is 0 Å². The van der Waals surface area contributed by atoms with Crippen molar-refractivity contribution in [1.29, 1.82) is 0 Å². The maximum atomic E-state index is 12.9. The third-order valence-corrected chi connectivity index (χ3v) is 5.34. The van der Waals surface area contributed by atoms with Gasteiger partial charge in [0.25, 0.3) is 5.91 Å². The van der Waals surface area contributed by atoms with E-state index in [1.54, 1.807) is 37.7 Å². The van der Waals surface area contributed by atoms with Crippen LogP contribution in [-0.4, -0.2) is 67.4 Å². The average Bonchev–Trinajstić information content (AvgIpc) is 3.10. The summed E-state index contributed by atoms with van der Waals surface area (Å²) in [5.41, 5.74) is 1.07. The standard InChI is InChI=1S/C21H31N3O4/c1-14(25)22-11-15-7-9-16(10-8-15)17-12-24(20(27)21(2,3)28-6)13-18(17)19(26)23(4)5/h7-10,17-18H,11-13H2,1-6H3,(H,22,25)/t17-,18+/m1/s1. The van der Waals surface area contributed by atoms with Gasteiger partial charge in [0.2, 0.25) is 11.8 Å². The molecule has 1 aromatic carbocycles. The summed E-state index contributed by atoms with van der Waals surface area (Å²) in [6.45, 7) is 6.27.